The minimum atomic E-state index is -3.63. The standard InChI is InChI=1S/C26H26N4O3S2/c1-20-12-14-23(15-13-20)35(32,33)19-24-28-29-26(30(24)22-10-6-3-7-11-22)34-18-25(31)27-17-16-21-8-4-2-5-9-21/h2-15H,16-19H2,1H3,(H,27,31). The summed E-state index contributed by atoms with van der Waals surface area (Å²) in [5.41, 5.74) is 2.87. The first-order chi connectivity index (χ1) is 16.9. The molecule has 4 aromatic rings. The Morgan fingerprint density at radius 2 is 1.57 bits per heavy atom. The first-order valence-electron chi connectivity index (χ1n) is 11.1. The van der Waals surface area contributed by atoms with E-state index >= 15 is 0 Å². The fourth-order valence-corrected chi connectivity index (χ4v) is 5.54. The van der Waals surface area contributed by atoms with Crippen molar-refractivity contribution in [3.05, 3.63) is 102 Å². The Morgan fingerprint density at radius 1 is 0.914 bits per heavy atom. The molecule has 0 radical (unpaired) electrons. The van der Waals surface area contributed by atoms with E-state index < -0.39 is 9.84 Å². The molecular formula is C26H26N4O3S2. The Kier molecular flexibility index (Phi) is 7.99. The largest absolute Gasteiger partial charge is 0.355 e. The molecule has 1 aromatic heterocycles. The third-order valence-corrected chi connectivity index (χ3v) is 7.88. The summed E-state index contributed by atoms with van der Waals surface area (Å²) in [7, 11) is -3.63. The van der Waals surface area contributed by atoms with Crippen molar-refractivity contribution in [2.75, 3.05) is 12.3 Å². The summed E-state index contributed by atoms with van der Waals surface area (Å²) in [4.78, 5) is 12.7. The van der Waals surface area contributed by atoms with Gasteiger partial charge < -0.3 is 5.32 Å². The highest BCUT2D eigenvalue weighted by molar-refractivity contribution is 7.99. The lowest BCUT2D eigenvalue weighted by atomic mass is 10.1. The number of benzene rings is 3. The molecule has 9 heteroatoms. The minimum Gasteiger partial charge on any atom is -0.355 e. The Bertz CT molecular complexity index is 1370. The number of thioether (sulfide) groups is 1. The molecule has 0 atom stereocenters. The van der Waals surface area contributed by atoms with Crippen LogP contribution in [0.1, 0.15) is 17.0 Å². The highest BCUT2D eigenvalue weighted by atomic mass is 32.2. The first kappa shape index (κ1) is 24.7. The monoisotopic (exact) mass is 506 g/mol. The summed E-state index contributed by atoms with van der Waals surface area (Å²) in [6.07, 6.45) is 0.748. The normalized spacial score (nSPS) is 11.3. The molecule has 0 fully saturated rings. The van der Waals surface area contributed by atoms with E-state index in [1.807, 2.05) is 67.6 Å². The number of nitrogens with one attached hydrogen (secondary N) is 1. The quantitative estimate of drug-likeness (QED) is 0.327. The summed E-state index contributed by atoms with van der Waals surface area (Å²) in [5.74, 6) is 0.0119. The van der Waals surface area contributed by atoms with Gasteiger partial charge in [0.1, 0.15) is 5.75 Å². The molecule has 0 saturated heterocycles. The number of hydrogen-bond acceptors (Lipinski definition) is 6. The Morgan fingerprint density at radius 3 is 2.26 bits per heavy atom. The molecule has 1 N–H and O–H groups in total. The number of aryl methyl sites for hydroxylation is 1. The fourth-order valence-electron chi connectivity index (χ4n) is 3.49. The molecule has 0 aliphatic carbocycles. The van der Waals surface area contributed by atoms with E-state index in [9.17, 15) is 13.2 Å². The van der Waals surface area contributed by atoms with E-state index in [2.05, 4.69) is 15.5 Å². The average Bonchev–Trinajstić information content (AvgIpc) is 3.26. The van der Waals surface area contributed by atoms with Gasteiger partial charge >= 0.3 is 0 Å². The van der Waals surface area contributed by atoms with Crippen LogP contribution in [0.25, 0.3) is 5.69 Å². The summed E-state index contributed by atoms with van der Waals surface area (Å²) in [6, 6.07) is 26.0. The van der Waals surface area contributed by atoms with Gasteiger partial charge in [-0.05, 0) is 43.2 Å². The van der Waals surface area contributed by atoms with E-state index in [1.165, 1.54) is 11.8 Å². The maximum absolute atomic E-state index is 13.1. The van der Waals surface area contributed by atoms with Gasteiger partial charge in [-0.2, -0.15) is 0 Å². The maximum Gasteiger partial charge on any atom is 0.230 e. The molecule has 1 heterocycles. The van der Waals surface area contributed by atoms with Gasteiger partial charge in [-0.25, -0.2) is 8.42 Å². The van der Waals surface area contributed by atoms with Crippen LogP contribution in [0.4, 0.5) is 0 Å². The maximum atomic E-state index is 13.1. The average molecular weight is 507 g/mol. The molecule has 4 rings (SSSR count). The second-order valence-electron chi connectivity index (χ2n) is 8.02. The van der Waals surface area contributed by atoms with Crippen LogP contribution >= 0.6 is 11.8 Å². The number of hydrogen-bond donors (Lipinski definition) is 1. The fraction of sp³-hybridized carbons (Fsp3) is 0.192. The van der Waals surface area contributed by atoms with E-state index in [4.69, 9.17) is 0 Å². The van der Waals surface area contributed by atoms with Gasteiger partial charge in [-0.15, -0.1) is 10.2 Å². The number of aromatic nitrogens is 3. The van der Waals surface area contributed by atoms with E-state index in [0.29, 0.717) is 17.5 Å². The highest BCUT2D eigenvalue weighted by Gasteiger charge is 2.23. The number of carbonyl (C=O) groups is 1. The summed E-state index contributed by atoms with van der Waals surface area (Å²) in [6.45, 7) is 2.44. The van der Waals surface area contributed by atoms with Crippen LogP contribution in [-0.2, 0) is 26.8 Å². The van der Waals surface area contributed by atoms with E-state index in [-0.39, 0.29) is 22.3 Å². The summed E-state index contributed by atoms with van der Waals surface area (Å²) < 4.78 is 27.8. The SMILES string of the molecule is Cc1ccc(S(=O)(=O)Cc2nnc(SCC(=O)NCCc3ccccc3)n2-c2ccccc2)cc1. The highest BCUT2D eigenvalue weighted by Crippen LogP contribution is 2.25. The van der Waals surface area contributed by atoms with Gasteiger partial charge in [-0.3, -0.25) is 9.36 Å². The van der Waals surface area contributed by atoms with Gasteiger partial charge in [0.25, 0.3) is 0 Å². The molecule has 0 saturated carbocycles. The van der Waals surface area contributed by atoms with Gasteiger partial charge in [0, 0.05) is 12.2 Å². The van der Waals surface area contributed by atoms with Crippen LogP contribution in [0.15, 0.2) is 95.0 Å². The third kappa shape index (κ3) is 6.58. The molecule has 1 amide bonds. The number of para-hydroxylation sites is 1. The van der Waals surface area contributed by atoms with Crippen molar-refractivity contribution in [1.29, 1.82) is 0 Å². The van der Waals surface area contributed by atoms with Gasteiger partial charge in [-0.1, -0.05) is 78.0 Å². The lowest BCUT2D eigenvalue weighted by molar-refractivity contribution is -0.118. The number of carbonyl (C=O) groups excluding carboxylic acids is 1. The smallest absolute Gasteiger partial charge is 0.230 e. The zero-order valence-corrected chi connectivity index (χ0v) is 20.9. The van der Waals surface area contributed by atoms with Gasteiger partial charge in [0.2, 0.25) is 5.91 Å². The molecule has 0 bridgehead atoms. The molecule has 180 valence electrons. The molecule has 35 heavy (non-hydrogen) atoms. The third-order valence-electron chi connectivity index (χ3n) is 5.33. The van der Waals surface area contributed by atoms with Crippen molar-refractivity contribution in [2.24, 2.45) is 0 Å². The Balaban J connectivity index is 1.48. The molecule has 3 aromatic carbocycles. The van der Waals surface area contributed by atoms with Crippen molar-refractivity contribution in [2.45, 2.75) is 29.1 Å². The topological polar surface area (TPSA) is 94.0 Å². The first-order valence-corrected chi connectivity index (χ1v) is 13.8. The van der Waals surface area contributed by atoms with Crippen molar-refractivity contribution >= 4 is 27.5 Å². The zero-order chi connectivity index (χ0) is 24.7. The molecule has 7 nitrogen and oxygen atoms in total. The van der Waals surface area contributed by atoms with Crippen molar-refractivity contribution in [3.63, 3.8) is 0 Å². The number of rotatable bonds is 10. The molecule has 0 aliphatic heterocycles. The minimum absolute atomic E-state index is 0.123. The number of nitrogens with zero attached hydrogens (tertiary/aromatic N) is 3. The molecule has 0 aliphatic rings. The Hall–Kier alpha value is -3.43. The lowest BCUT2D eigenvalue weighted by Gasteiger charge is -2.11. The van der Waals surface area contributed by atoms with E-state index in [1.54, 1.807) is 28.8 Å². The summed E-state index contributed by atoms with van der Waals surface area (Å²) in [5, 5.41) is 11.8. The predicted molar refractivity (Wildman–Crippen MR) is 137 cm³/mol. The van der Waals surface area contributed by atoms with Crippen molar-refractivity contribution < 1.29 is 13.2 Å². The van der Waals surface area contributed by atoms with Crippen LogP contribution in [0.3, 0.4) is 0 Å². The van der Waals surface area contributed by atoms with Crippen LogP contribution in [0.2, 0.25) is 0 Å². The van der Waals surface area contributed by atoms with Crippen LogP contribution in [0.5, 0.6) is 0 Å². The number of amides is 1. The second-order valence-corrected chi connectivity index (χ2v) is 10.9. The molecule has 0 spiro atoms. The lowest BCUT2D eigenvalue weighted by Crippen LogP contribution is -2.27. The van der Waals surface area contributed by atoms with Crippen LogP contribution in [-0.4, -0.2) is 41.4 Å². The second kappa shape index (κ2) is 11.3. The predicted octanol–water partition coefficient (Wildman–Crippen LogP) is 4.00. The van der Waals surface area contributed by atoms with Crippen LogP contribution in [0, 0.1) is 6.92 Å². The molecule has 0 unspecified atom stereocenters. The molecular weight excluding hydrogens is 480 g/mol. The van der Waals surface area contributed by atoms with Crippen LogP contribution < -0.4 is 5.32 Å². The van der Waals surface area contributed by atoms with E-state index in [0.717, 1.165) is 23.2 Å². The van der Waals surface area contributed by atoms with Crippen molar-refractivity contribution in [1.82, 2.24) is 20.1 Å². The van der Waals surface area contributed by atoms with Crippen molar-refractivity contribution in [3.8, 4) is 5.69 Å². The van der Waals surface area contributed by atoms with Gasteiger partial charge in [0.05, 0.1) is 10.6 Å². The number of sulfone groups is 1. The van der Waals surface area contributed by atoms with Gasteiger partial charge in [0.15, 0.2) is 20.8 Å². The Labute approximate surface area is 209 Å². The summed E-state index contributed by atoms with van der Waals surface area (Å²) >= 11 is 1.22. The zero-order valence-electron chi connectivity index (χ0n) is 19.3.